The van der Waals surface area contributed by atoms with E-state index in [-0.39, 0.29) is 17.9 Å². The SMILES string of the molecule is CC(=O)Nc1ccc(Oc2ccc(C(=O)N[C@@H]3C4CCN(CC4)[C@H]3C)cc2)cc1. The summed E-state index contributed by atoms with van der Waals surface area (Å²) >= 11 is 0. The number of hydrogen-bond donors (Lipinski definition) is 2. The van der Waals surface area contributed by atoms with E-state index in [2.05, 4.69) is 22.5 Å². The molecule has 3 fully saturated rings. The highest BCUT2D eigenvalue weighted by atomic mass is 16.5. The van der Waals surface area contributed by atoms with Crippen LogP contribution in [0.4, 0.5) is 5.69 Å². The molecule has 2 aromatic rings. The summed E-state index contributed by atoms with van der Waals surface area (Å²) in [7, 11) is 0. The van der Waals surface area contributed by atoms with E-state index < -0.39 is 0 Å². The molecule has 2 atom stereocenters. The number of anilines is 1. The first-order chi connectivity index (χ1) is 14.0. The van der Waals surface area contributed by atoms with Crippen LogP contribution in [-0.2, 0) is 4.79 Å². The van der Waals surface area contributed by atoms with Crippen molar-refractivity contribution in [1.29, 1.82) is 0 Å². The van der Waals surface area contributed by atoms with Gasteiger partial charge in [0.1, 0.15) is 11.5 Å². The zero-order chi connectivity index (χ0) is 20.4. The Hall–Kier alpha value is -2.86. The second kappa shape index (κ2) is 8.25. The number of fused-ring (bicyclic) bond motifs is 3. The summed E-state index contributed by atoms with van der Waals surface area (Å²) in [4.78, 5) is 26.3. The number of hydrogen-bond acceptors (Lipinski definition) is 4. The van der Waals surface area contributed by atoms with E-state index in [4.69, 9.17) is 4.74 Å². The van der Waals surface area contributed by atoms with Crippen LogP contribution in [0.2, 0.25) is 0 Å². The van der Waals surface area contributed by atoms with Gasteiger partial charge in [0.05, 0.1) is 0 Å². The van der Waals surface area contributed by atoms with E-state index in [1.165, 1.54) is 19.8 Å². The Morgan fingerprint density at radius 2 is 1.55 bits per heavy atom. The fraction of sp³-hybridized carbons (Fsp3) is 0.391. The minimum absolute atomic E-state index is 0.0261. The van der Waals surface area contributed by atoms with Gasteiger partial charge in [0.2, 0.25) is 5.91 Å². The molecule has 6 nitrogen and oxygen atoms in total. The molecule has 3 aliphatic rings. The topological polar surface area (TPSA) is 70.7 Å². The third-order valence-corrected chi connectivity index (χ3v) is 6.00. The van der Waals surface area contributed by atoms with E-state index in [1.54, 1.807) is 48.5 Å². The molecule has 0 aromatic heterocycles. The third-order valence-electron chi connectivity index (χ3n) is 6.00. The lowest BCUT2D eigenvalue weighted by Gasteiger charge is -2.49. The Kier molecular flexibility index (Phi) is 5.53. The number of carbonyl (C=O) groups is 2. The monoisotopic (exact) mass is 393 g/mol. The Bertz CT molecular complexity index is 869. The number of ether oxygens (including phenoxy) is 1. The summed E-state index contributed by atoms with van der Waals surface area (Å²) < 4.78 is 5.83. The van der Waals surface area contributed by atoms with Gasteiger partial charge >= 0.3 is 0 Å². The van der Waals surface area contributed by atoms with Gasteiger partial charge in [0.25, 0.3) is 5.91 Å². The van der Waals surface area contributed by atoms with Crippen LogP contribution in [0.5, 0.6) is 11.5 Å². The molecule has 2 amide bonds. The molecule has 5 rings (SSSR count). The first-order valence-electron chi connectivity index (χ1n) is 10.2. The number of nitrogens with zero attached hydrogens (tertiary/aromatic N) is 1. The molecule has 3 saturated heterocycles. The van der Waals surface area contributed by atoms with Crippen molar-refractivity contribution in [2.75, 3.05) is 18.4 Å². The number of carbonyl (C=O) groups excluding carboxylic acids is 2. The summed E-state index contributed by atoms with van der Waals surface area (Å²) in [6.45, 7) is 5.98. The van der Waals surface area contributed by atoms with Crippen molar-refractivity contribution < 1.29 is 14.3 Å². The van der Waals surface area contributed by atoms with Gasteiger partial charge in [0.15, 0.2) is 0 Å². The van der Waals surface area contributed by atoms with Gasteiger partial charge < -0.3 is 15.4 Å². The molecule has 3 heterocycles. The molecule has 29 heavy (non-hydrogen) atoms. The Labute approximate surface area is 171 Å². The molecule has 0 saturated carbocycles. The van der Waals surface area contributed by atoms with Crippen LogP contribution in [0, 0.1) is 5.92 Å². The smallest absolute Gasteiger partial charge is 0.251 e. The van der Waals surface area contributed by atoms with Gasteiger partial charge in [0, 0.05) is 30.3 Å². The summed E-state index contributed by atoms with van der Waals surface area (Å²) in [6.07, 6.45) is 2.34. The van der Waals surface area contributed by atoms with Crippen molar-refractivity contribution in [1.82, 2.24) is 10.2 Å². The predicted octanol–water partition coefficient (Wildman–Crippen LogP) is 3.65. The van der Waals surface area contributed by atoms with Crippen molar-refractivity contribution >= 4 is 17.5 Å². The van der Waals surface area contributed by atoms with Crippen LogP contribution in [-0.4, -0.2) is 41.9 Å². The standard InChI is InChI=1S/C23H27N3O3/c1-15-22(17-11-13-26(15)14-12-17)25-23(28)18-3-7-20(8-4-18)29-21-9-5-19(6-10-21)24-16(2)27/h3-10,15,17,22H,11-14H2,1-2H3,(H,24,27)(H,25,28)/t15-,22-/m0/s1. The van der Waals surface area contributed by atoms with Crippen molar-refractivity contribution in [2.24, 2.45) is 5.92 Å². The lowest BCUT2D eigenvalue weighted by molar-refractivity contribution is -0.114. The van der Waals surface area contributed by atoms with E-state index in [1.807, 2.05) is 0 Å². The average molecular weight is 393 g/mol. The van der Waals surface area contributed by atoms with Crippen LogP contribution in [0.3, 0.4) is 0 Å². The van der Waals surface area contributed by atoms with Gasteiger partial charge in [-0.15, -0.1) is 0 Å². The van der Waals surface area contributed by atoms with Gasteiger partial charge in [-0.25, -0.2) is 0 Å². The molecular weight excluding hydrogens is 366 g/mol. The van der Waals surface area contributed by atoms with E-state index in [9.17, 15) is 9.59 Å². The van der Waals surface area contributed by atoms with Crippen LogP contribution in [0.1, 0.15) is 37.0 Å². The zero-order valence-corrected chi connectivity index (χ0v) is 16.9. The molecule has 3 aliphatic heterocycles. The normalized spacial score (nSPS) is 25.3. The quantitative estimate of drug-likeness (QED) is 0.814. The molecule has 0 aliphatic carbocycles. The van der Waals surface area contributed by atoms with Crippen molar-refractivity contribution in [3.8, 4) is 11.5 Å². The highest BCUT2D eigenvalue weighted by molar-refractivity contribution is 5.94. The summed E-state index contributed by atoms with van der Waals surface area (Å²) in [5.74, 6) is 1.77. The first-order valence-corrected chi connectivity index (χ1v) is 10.2. The average Bonchev–Trinajstić information content (AvgIpc) is 2.72. The third kappa shape index (κ3) is 4.43. The maximum Gasteiger partial charge on any atom is 0.251 e. The maximum absolute atomic E-state index is 12.7. The number of benzene rings is 2. The second-order valence-corrected chi connectivity index (χ2v) is 7.95. The number of rotatable bonds is 5. The van der Waals surface area contributed by atoms with Crippen LogP contribution >= 0.6 is 0 Å². The van der Waals surface area contributed by atoms with Crippen molar-refractivity contribution in [3.05, 3.63) is 54.1 Å². The Morgan fingerprint density at radius 3 is 2.10 bits per heavy atom. The summed E-state index contributed by atoms with van der Waals surface area (Å²) in [6, 6.07) is 15.0. The Balaban J connectivity index is 1.36. The highest BCUT2D eigenvalue weighted by Crippen LogP contribution is 2.32. The van der Waals surface area contributed by atoms with Crippen LogP contribution < -0.4 is 15.4 Å². The minimum Gasteiger partial charge on any atom is -0.457 e. The van der Waals surface area contributed by atoms with Gasteiger partial charge in [-0.2, -0.15) is 0 Å². The fourth-order valence-corrected chi connectivity index (χ4v) is 4.40. The number of piperidine rings is 3. The first kappa shape index (κ1) is 19.5. The zero-order valence-electron chi connectivity index (χ0n) is 16.9. The number of amides is 2. The highest BCUT2D eigenvalue weighted by Gasteiger charge is 2.40. The van der Waals surface area contributed by atoms with Gasteiger partial charge in [-0.05, 0) is 87.3 Å². The van der Waals surface area contributed by atoms with E-state index in [0.29, 0.717) is 29.0 Å². The minimum atomic E-state index is -0.111. The predicted molar refractivity (Wildman–Crippen MR) is 112 cm³/mol. The molecule has 0 spiro atoms. The van der Waals surface area contributed by atoms with Gasteiger partial charge in [-0.3, -0.25) is 14.5 Å². The molecule has 0 radical (unpaired) electrons. The van der Waals surface area contributed by atoms with E-state index >= 15 is 0 Å². The number of nitrogens with one attached hydrogen (secondary N) is 2. The van der Waals surface area contributed by atoms with Crippen molar-refractivity contribution in [2.45, 2.75) is 38.8 Å². The molecule has 0 unspecified atom stereocenters. The lowest BCUT2D eigenvalue weighted by Crippen LogP contribution is -2.62. The van der Waals surface area contributed by atoms with Gasteiger partial charge in [-0.1, -0.05) is 0 Å². The van der Waals surface area contributed by atoms with E-state index in [0.717, 1.165) is 18.8 Å². The molecular formula is C23H27N3O3. The molecule has 2 bridgehead atoms. The molecule has 2 aromatic carbocycles. The van der Waals surface area contributed by atoms with Crippen LogP contribution in [0.15, 0.2) is 48.5 Å². The fourth-order valence-electron chi connectivity index (χ4n) is 4.40. The van der Waals surface area contributed by atoms with Crippen LogP contribution in [0.25, 0.3) is 0 Å². The summed E-state index contributed by atoms with van der Waals surface area (Å²) in [5.41, 5.74) is 1.36. The van der Waals surface area contributed by atoms with Crippen molar-refractivity contribution in [3.63, 3.8) is 0 Å². The second-order valence-electron chi connectivity index (χ2n) is 7.95. The molecule has 6 heteroatoms. The maximum atomic E-state index is 12.7. The summed E-state index contributed by atoms with van der Waals surface area (Å²) in [5, 5.41) is 5.97. The molecule has 152 valence electrons. The lowest BCUT2D eigenvalue weighted by atomic mass is 9.79. The largest absolute Gasteiger partial charge is 0.457 e. The Morgan fingerprint density at radius 1 is 0.966 bits per heavy atom. The molecule has 2 N–H and O–H groups in total.